The molecule has 3 aromatic carbocycles. The number of alkyl carbamates (subject to hydrolysis) is 1. The van der Waals surface area contributed by atoms with Crippen molar-refractivity contribution < 1.29 is 22.4 Å². The molecule has 42 heavy (non-hydrogen) atoms. The molecule has 0 bridgehead atoms. The Balaban J connectivity index is 1.81. The fraction of sp³-hybridized carbons (Fsp3) is 0.323. The van der Waals surface area contributed by atoms with E-state index in [4.69, 9.17) is 14.9 Å². The average Bonchev–Trinajstić information content (AvgIpc) is 3.43. The first kappa shape index (κ1) is 30.7. The number of benzene rings is 3. The van der Waals surface area contributed by atoms with Crippen LogP contribution in [0.4, 0.5) is 10.5 Å². The van der Waals surface area contributed by atoms with E-state index in [-0.39, 0.29) is 11.8 Å². The molecule has 0 saturated heterocycles. The maximum atomic E-state index is 12.9. The van der Waals surface area contributed by atoms with Crippen molar-refractivity contribution in [2.75, 3.05) is 17.6 Å². The summed E-state index contributed by atoms with van der Waals surface area (Å²) in [5.74, 6) is 0.323. The molecule has 1 amide bonds. The zero-order valence-corrected chi connectivity index (χ0v) is 25.5. The van der Waals surface area contributed by atoms with E-state index in [1.165, 1.54) is 11.4 Å². The Kier molecular flexibility index (Phi) is 8.74. The predicted molar refractivity (Wildman–Crippen MR) is 163 cm³/mol. The van der Waals surface area contributed by atoms with Gasteiger partial charge >= 0.3 is 6.09 Å². The monoisotopic (exact) mass is 591 g/mol. The van der Waals surface area contributed by atoms with Crippen LogP contribution >= 0.6 is 0 Å². The minimum Gasteiger partial charge on any atom is -0.444 e. The number of hydrogen-bond acceptors (Lipinski definition) is 8. The summed E-state index contributed by atoms with van der Waals surface area (Å²) in [7, 11) is -2.09. The second-order valence-electron chi connectivity index (χ2n) is 11.4. The molecule has 1 aromatic heterocycles. The van der Waals surface area contributed by atoms with Gasteiger partial charge in [-0.1, -0.05) is 54.6 Å². The van der Waals surface area contributed by atoms with Gasteiger partial charge in [0.25, 0.3) is 0 Å². The molecule has 4 aromatic rings. The first-order valence-electron chi connectivity index (χ1n) is 13.5. The molecule has 1 heterocycles. The number of sulfonamides is 1. The van der Waals surface area contributed by atoms with Crippen molar-refractivity contribution in [3.63, 3.8) is 0 Å². The van der Waals surface area contributed by atoms with Gasteiger partial charge < -0.3 is 20.2 Å². The number of amides is 1. The number of carbonyl (C=O) groups excluding carboxylic acids is 1. The second-order valence-corrected chi connectivity index (χ2v) is 13.4. The fourth-order valence-electron chi connectivity index (χ4n) is 4.51. The molecule has 0 fully saturated rings. The van der Waals surface area contributed by atoms with E-state index in [1.54, 1.807) is 39.8 Å². The van der Waals surface area contributed by atoms with E-state index in [0.717, 1.165) is 28.5 Å². The summed E-state index contributed by atoms with van der Waals surface area (Å²) >= 11 is 0. The minimum atomic E-state index is -3.57. The molecule has 11 heteroatoms. The smallest absolute Gasteiger partial charge is 0.408 e. The third kappa shape index (κ3) is 7.34. The summed E-state index contributed by atoms with van der Waals surface area (Å²) in [6.07, 6.45) is 0.855. The number of rotatable bonds is 9. The van der Waals surface area contributed by atoms with E-state index in [2.05, 4.69) is 15.5 Å². The highest BCUT2D eigenvalue weighted by Crippen LogP contribution is 2.35. The van der Waals surface area contributed by atoms with Crippen LogP contribution in [0.5, 0.6) is 0 Å². The van der Waals surface area contributed by atoms with Crippen LogP contribution < -0.4 is 15.4 Å². The van der Waals surface area contributed by atoms with Gasteiger partial charge in [-0.2, -0.15) is 0 Å². The molecule has 0 aliphatic heterocycles. The van der Waals surface area contributed by atoms with Crippen molar-refractivity contribution in [3.05, 3.63) is 89.8 Å². The molecular weight excluding hydrogens is 554 g/mol. The maximum absolute atomic E-state index is 12.9. The standard InChI is InChI=1S/C31H37N5O5S/c1-30(2,3)41-29(37)33-31(4,19-21-12-8-7-9-13-21)28-35-34-27(40-28)24-16-23(26-15-11-10-14-22(26)20-32)17-25(18-24)36(5)42(6,38)39/h7-18H,19-20,32H2,1-6H3,(H,33,37). The largest absolute Gasteiger partial charge is 0.444 e. The van der Waals surface area contributed by atoms with Gasteiger partial charge in [-0.15, -0.1) is 10.2 Å². The normalized spacial score (nSPS) is 13.3. The van der Waals surface area contributed by atoms with Gasteiger partial charge in [0.1, 0.15) is 11.1 Å². The lowest BCUT2D eigenvalue weighted by Crippen LogP contribution is -2.47. The summed E-state index contributed by atoms with van der Waals surface area (Å²) in [5.41, 5.74) is 8.51. The first-order chi connectivity index (χ1) is 19.7. The lowest BCUT2D eigenvalue weighted by atomic mass is 9.92. The van der Waals surface area contributed by atoms with Crippen LogP contribution in [0.2, 0.25) is 0 Å². The quantitative estimate of drug-likeness (QED) is 0.269. The van der Waals surface area contributed by atoms with Gasteiger partial charge in [-0.05, 0) is 68.1 Å². The van der Waals surface area contributed by atoms with Crippen LogP contribution in [0.15, 0.2) is 77.2 Å². The van der Waals surface area contributed by atoms with Crippen molar-refractivity contribution >= 4 is 21.8 Å². The highest BCUT2D eigenvalue weighted by molar-refractivity contribution is 7.92. The molecule has 4 rings (SSSR count). The molecule has 10 nitrogen and oxygen atoms in total. The molecule has 0 radical (unpaired) electrons. The van der Waals surface area contributed by atoms with Crippen molar-refractivity contribution in [2.45, 2.75) is 51.8 Å². The Bertz CT molecular complexity index is 1660. The van der Waals surface area contributed by atoms with Crippen molar-refractivity contribution in [3.8, 4) is 22.6 Å². The lowest BCUT2D eigenvalue weighted by molar-refractivity contribution is 0.0443. The summed E-state index contributed by atoms with van der Waals surface area (Å²) < 4.78 is 37.9. The maximum Gasteiger partial charge on any atom is 0.408 e. The van der Waals surface area contributed by atoms with E-state index in [9.17, 15) is 13.2 Å². The van der Waals surface area contributed by atoms with Crippen LogP contribution in [0.25, 0.3) is 22.6 Å². The Morgan fingerprint density at radius 3 is 2.26 bits per heavy atom. The number of hydrogen-bond donors (Lipinski definition) is 2. The summed E-state index contributed by atoms with van der Waals surface area (Å²) in [6.45, 7) is 7.45. The minimum absolute atomic E-state index is 0.158. The van der Waals surface area contributed by atoms with Crippen LogP contribution in [0.3, 0.4) is 0 Å². The van der Waals surface area contributed by atoms with Crippen molar-refractivity contribution in [1.82, 2.24) is 15.5 Å². The fourth-order valence-corrected chi connectivity index (χ4v) is 5.00. The molecule has 0 spiro atoms. The topological polar surface area (TPSA) is 141 Å². The number of carbonyl (C=O) groups is 1. The van der Waals surface area contributed by atoms with Crippen LogP contribution in [0.1, 0.15) is 44.7 Å². The van der Waals surface area contributed by atoms with Crippen LogP contribution in [0, 0.1) is 0 Å². The van der Waals surface area contributed by atoms with E-state index in [1.807, 2.05) is 60.7 Å². The van der Waals surface area contributed by atoms with Gasteiger partial charge in [-0.3, -0.25) is 4.31 Å². The molecule has 0 aliphatic rings. The summed E-state index contributed by atoms with van der Waals surface area (Å²) in [6, 6.07) is 22.5. The van der Waals surface area contributed by atoms with Gasteiger partial charge in [-0.25, -0.2) is 13.2 Å². The van der Waals surface area contributed by atoms with Gasteiger partial charge in [0, 0.05) is 25.6 Å². The lowest BCUT2D eigenvalue weighted by Gasteiger charge is -2.29. The molecule has 1 atom stereocenters. The molecular formula is C31H37N5O5S. The molecule has 222 valence electrons. The van der Waals surface area contributed by atoms with Crippen molar-refractivity contribution in [1.29, 1.82) is 0 Å². The Hall–Kier alpha value is -4.22. The Labute approximate surface area is 247 Å². The highest BCUT2D eigenvalue weighted by atomic mass is 32.2. The molecule has 0 aliphatic carbocycles. The molecule has 0 saturated carbocycles. The van der Waals surface area contributed by atoms with Gasteiger partial charge in [0.15, 0.2) is 0 Å². The third-order valence-electron chi connectivity index (χ3n) is 6.65. The van der Waals surface area contributed by atoms with Gasteiger partial charge in [0.2, 0.25) is 21.8 Å². The summed E-state index contributed by atoms with van der Waals surface area (Å²) in [5, 5.41) is 11.6. The number of ether oxygens (including phenoxy) is 1. The zero-order valence-electron chi connectivity index (χ0n) is 24.7. The van der Waals surface area contributed by atoms with E-state index in [0.29, 0.717) is 24.2 Å². The first-order valence-corrected chi connectivity index (χ1v) is 15.3. The number of anilines is 1. The SMILES string of the molecule is CN(c1cc(-c2nnc(C(C)(Cc3ccccc3)NC(=O)OC(C)(C)C)o2)cc(-c2ccccc2CN)c1)S(C)(=O)=O. The van der Waals surface area contributed by atoms with Crippen molar-refractivity contribution in [2.24, 2.45) is 5.73 Å². The third-order valence-corrected chi connectivity index (χ3v) is 7.85. The number of nitrogens with one attached hydrogen (secondary N) is 1. The zero-order chi connectivity index (χ0) is 30.7. The average molecular weight is 592 g/mol. The number of aromatic nitrogens is 2. The van der Waals surface area contributed by atoms with Crippen LogP contribution in [-0.4, -0.2) is 43.6 Å². The second kappa shape index (κ2) is 11.9. The molecule has 3 N–H and O–H groups in total. The van der Waals surface area contributed by atoms with E-state index >= 15 is 0 Å². The molecule has 1 unspecified atom stereocenters. The number of nitrogens with zero attached hydrogens (tertiary/aromatic N) is 3. The summed E-state index contributed by atoms with van der Waals surface area (Å²) in [4.78, 5) is 12.9. The predicted octanol–water partition coefficient (Wildman–Crippen LogP) is 5.24. The Morgan fingerprint density at radius 1 is 0.976 bits per heavy atom. The number of nitrogens with two attached hydrogens (primary N) is 1. The Morgan fingerprint density at radius 2 is 1.62 bits per heavy atom. The van der Waals surface area contributed by atoms with Crippen LogP contribution in [-0.2, 0) is 33.3 Å². The highest BCUT2D eigenvalue weighted by Gasteiger charge is 2.37. The van der Waals surface area contributed by atoms with E-state index < -0.39 is 27.3 Å². The van der Waals surface area contributed by atoms with Gasteiger partial charge in [0.05, 0.1) is 11.9 Å².